The van der Waals surface area contributed by atoms with Gasteiger partial charge in [-0.25, -0.2) is 0 Å². The average molecular weight is 647 g/mol. The van der Waals surface area contributed by atoms with E-state index in [1.54, 1.807) is 0 Å². The van der Waals surface area contributed by atoms with E-state index in [9.17, 15) is 0 Å². The van der Waals surface area contributed by atoms with Gasteiger partial charge in [-0.2, -0.15) is 0 Å². The molecule has 1 aromatic heterocycles. The minimum absolute atomic E-state index is 0.227. The fourth-order valence-corrected chi connectivity index (χ4v) is 8.40. The van der Waals surface area contributed by atoms with Crippen LogP contribution < -0.4 is 15.0 Å². The van der Waals surface area contributed by atoms with Crippen LogP contribution in [0.3, 0.4) is 0 Å². The Kier molecular flexibility index (Phi) is 6.42. The van der Waals surface area contributed by atoms with Crippen LogP contribution in [0.2, 0.25) is 0 Å². The maximum Gasteiger partial charge on any atom is 0.196 e. The topological polar surface area (TPSA) is 24.5 Å². The van der Waals surface area contributed by atoms with Crippen molar-refractivity contribution in [3.8, 4) is 16.9 Å². The lowest BCUT2D eigenvalue weighted by Gasteiger charge is -2.26. The number of nitrogens with zero attached hydrogens (tertiary/aromatic N) is 1. The number of hydrogen-bond acceptors (Lipinski definition) is 4. The lowest BCUT2D eigenvalue weighted by atomic mass is 9.98. The van der Waals surface area contributed by atoms with Crippen LogP contribution in [0.1, 0.15) is 11.8 Å². The lowest BCUT2D eigenvalue weighted by Crippen LogP contribution is -2.10. The van der Waals surface area contributed by atoms with Gasteiger partial charge in [-0.3, -0.25) is 0 Å². The number of anilines is 4. The van der Waals surface area contributed by atoms with Crippen molar-refractivity contribution in [1.29, 1.82) is 0 Å². The van der Waals surface area contributed by atoms with Crippen LogP contribution in [0, 0.1) is 0 Å². The second kappa shape index (κ2) is 11.3. The smallest absolute Gasteiger partial charge is 0.196 e. The van der Waals surface area contributed by atoms with Gasteiger partial charge >= 0.3 is 0 Å². The van der Waals surface area contributed by atoms with E-state index >= 15 is 0 Å². The van der Waals surface area contributed by atoms with Gasteiger partial charge in [0.2, 0.25) is 0 Å². The number of thiophene rings is 1. The highest BCUT2D eigenvalue weighted by Crippen LogP contribution is 2.47. The SMILES string of the molecule is c1ccc(C2Nc3c(ccc4ccc5ccc(N(c6ccccc6)c6cccc(-c7ccc8sc9ccccc9c8c7)c6)cc5c34)O2)cc1. The molecule has 0 spiro atoms. The monoisotopic (exact) mass is 646 g/mol. The molecule has 4 heteroatoms. The summed E-state index contributed by atoms with van der Waals surface area (Å²) in [5, 5.41) is 11.1. The van der Waals surface area contributed by atoms with E-state index in [0.29, 0.717) is 0 Å². The van der Waals surface area contributed by atoms with Gasteiger partial charge in [-0.15, -0.1) is 11.3 Å². The molecular weight excluding hydrogens is 617 g/mol. The molecule has 0 radical (unpaired) electrons. The first-order valence-corrected chi connectivity index (χ1v) is 17.4. The predicted octanol–water partition coefficient (Wildman–Crippen LogP) is 13.0. The van der Waals surface area contributed by atoms with E-state index < -0.39 is 0 Å². The highest BCUT2D eigenvalue weighted by atomic mass is 32.1. The van der Waals surface area contributed by atoms with E-state index in [0.717, 1.165) is 34.1 Å². The third kappa shape index (κ3) is 4.72. The summed E-state index contributed by atoms with van der Waals surface area (Å²) in [5.74, 6) is 0.877. The third-order valence-corrected chi connectivity index (χ3v) is 10.8. The van der Waals surface area contributed by atoms with E-state index in [-0.39, 0.29) is 6.23 Å². The summed E-state index contributed by atoms with van der Waals surface area (Å²) in [5.41, 5.74) is 7.86. The molecule has 1 aliphatic rings. The number of fused-ring (bicyclic) bond motifs is 8. The van der Waals surface area contributed by atoms with Crippen molar-refractivity contribution >= 4 is 75.8 Å². The van der Waals surface area contributed by atoms with Gasteiger partial charge in [0.25, 0.3) is 0 Å². The zero-order valence-electron chi connectivity index (χ0n) is 26.5. The van der Waals surface area contributed by atoms with Crippen LogP contribution in [0.4, 0.5) is 22.7 Å². The number of ether oxygens (including phenoxy) is 1. The van der Waals surface area contributed by atoms with Crippen molar-refractivity contribution in [2.75, 3.05) is 10.2 Å². The number of benzene rings is 8. The van der Waals surface area contributed by atoms with Crippen LogP contribution in [0.15, 0.2) is 170 Å². The quantitative estimate of drug-likeness (QED) is 0.188. The molecule has 10 rings (SSSR count). The summed E-state index contributed by atoms with van der Waals surface area (Å²) < 4.78 is 9.09. The lowest BCUT2D eigenvalue weighted by molar-refractivity contribution is 0.260. The molecule has 3 nitrogen and oxygen atoms in total. The second-order valence-corrected chi connectivity index (χ2v) is 13.7. The molecule has 8 aromatic carbocycles. The average Bonchev–Trinajstić information content (AvgIpc) is 3.77. The zero-order chi connectivity index (χ0) is 32.3. The first-order valence-electron chi connectivity index (χ1n) is 16.6. The van der Waals surface area contributed by atoms with Crippen molar-refractivity contribution < 1.29 is 4.74 Å². The molecule has 1 unspecified atom stereocenters. The first kappa shape index (κ1) is 28.0. The molecule has 1 aliphatic heterocycles. The van der Waals surface area contributed by atoms with Gasteiger partial charge in [0.15, 0.2) is 6.23 Å². The van der Waals surface area contributed by atoms with Gasteiger partial charge in [-0.05, 0) is 87.9 Å². The fraction of sp³-hybridized carbons (Fsp3) is 0.0222. The summed E-state index contributed by atoms with van der Waals surface area (Å²) >= 11 is 1.86. The van der Waals surface area contributed by atoms with Crippen molar-refractivity contribution in [3.63, 3.8) is 0 Å². The molecular formula is C45H30N2OS. The highest BCUT2D eigenvalue weighted by molar-refractivity contribution is 7.25. The highest BCUT2D eigenvalue weighted by Gasteiger charge is 2.26. The van der Waals surface area contributed by atoms with Crippen molar-refractivity contribution in [3.05, 3.63) is 175 Å². The van der Waals surface area contributed by atoms with Gasteiger partial charge in [0, 0.05) is 48.2 Å². The van der Waals surface area contributed by atoms with Gasteiger partial charge in [0.1, 0.15) is 5.75 Å². The molecule has 0 amide bonds. The number of hydrogen-bond donors (Lipinski definition) is 1. The molecule has 9 aromatic rings. The molecule has 0 saturated carbocycles. The number of para-hydroxylation sites is 1. The van der Waals surface area contributed by atoms with Crippen molar-refractivity contribution in [2.24, 2.45) is 0 Å². The molecule has 0 bridgehead atoms. The molecule has 0 aliphatic carbocycles. The molecule has 1 atom stereocenters. The van der Waals surface area contributed by atoms with Crippen LogP contribution in [0.25, 0.3) is 52.8 Å². The van der Waals surface area contributed by atoms with E-state index in [2.05, 4.69) is 174 Å². The third-order valence-electron chi connectivity index (χ3n) is 9.66. The Bertz CT molecular complexity index is 2680. The summed E-state index contributed by atoms with van der Waals surface area (Å²) in [6.45, 7) is 0. The molecule has 0 saturated heterocycles. The van der Waals surface area contributed by atoms with Crippen LogP contribution in [-0.2, 0) is 0 Å². The maximum absolute atomic E-state index is 6.45. The molecule has 49 heavy (non-hydrogen) atoms. The summed E-state index contributed by atoms with van der Waals surface area (Å²) in [7, 11) is 0. The molecule has 1 N–H and O–H groups in total. The first-order chi connectivity index (χ1) is 24.3. The summed E-state index contributed by atoms with van der Waals surface area (Å²) in [6.07, 6.45) is -0.227. The Morgan fingerprint density at radius 1 is 0.490 bits per heavy atom. The van der Waals surface area contributed by atoms with Crippen molar-refractivity contribution in [2.45, 2.75) is 6.23 Å². The largest absolute Gasteiger partial charge is 0.464 e. The van der Waals surface area contributed by atoms with Crippen molar-refractivity contribution in [1.82, 2.24) is 0 Å². The Morgan fingerprint density at radius 3 is 2.08 bits per heavy atom. The van der Waals surface area contributed by atoms with E-state index in [4.69, 9.17) is 4.74 Å². The Morgan fingerprint density at radius 2 is 1.18 bits per heavy atom. The van der Waals surface area contributed by atoms with Gasteiger partial charge in [0.05, 0.1) is 5.69 Å². The van der Waals surface area contributed by atoms with E-state index in [1.165, 1.54) is 52.8 Å². The maximum atomic E-state index is 6.45. The van der Waals surface area contributed by atoms with Gasteiger partial charge < -0.3 is 15.0 Å². The fourth-order valence-electron chi connectivity index (χ4n) is 7.32. The number of nitrogens with one attached hydrogen (secondary N) is 1. The van der Waals surface area contributed by atoms with Gasteiger partial charge in [-0.1, -0.05) is 109 Å². The second-order valence-electron chi connectivity index (χ2n) is 12.6. The molecule has 0 fully saturated rings. The van der Waals surface area contributed by atoms with E-state index in [1.807, 2.05) is 17.4 Å². The standard InChI is InChI=1S/C45H30N2OS/c1-3-10-31(11-4-1)45-46-44-40(48-45)24-21-30-19-18-29-20-23-36(28-38(29)43(30)44)47(34-13-5-2-6-14-34)35-15-9-12-32(26-35)33-22-25-42-39(27-33)37-16-7-8-17-41(37)49-42/h1-28,45-46H. The minimum Gasteiger partial charge on any atom is -0.464 e. The normalized spacial score (nSPS) is 13.8. The summed E-state index contributed by atoms with van der Waals surface area (Å²) in [4.78, 5) is 2.36. The van der Waals surface area contributed by atoms with Crippen LogP contribution >= 0.6 is 11.3 Å². The minimum atomic E-state index is -0.227. The molecule has 2 heterocycles. The zero-order valence-corrected chi connectivity index (χ0v) is 27.3. The number of rotatable bonds is 5. The van der Waals surface area contributed by atoms with Crippen LogP contribution in [-0.4, -0.2) is 0 Å². The van der Waals surface area contributed by atoms with Crippen LogP contribution in [0.5, 0.6) is 5.75 Å². The summed E-state index contributed by atoms with van der Waals surface area (Å²) in [6, 6.07) is 61.0. The Hall–Kier alpha value is -6.10. The predicted molar refractivity (Wildman–Crippen MR) is 208 cm³/mol. The Balaban J connectivity index is 1.12. The molecule has 232 valence electrons. The Labute approximate surface area is 288 Å².